The highest BCUT2D eigenvalue weighted by atomic mass is 16.5. The maximum atomic E-state index is 12.9. The Bertz CT molecular complexity index is 820. The third-order valence-electron chi connectivity index (χ3n) is 14.3. The van der Waals surface area contributed by atoms with Crippen LogP contribution in [0.3, 0.4) is 0 Å². The fourth-order valence-corrected chi connectivity index (χ4v) is 11.6. The molecule has 0 aliphatic heterocycles. The van der Waals surface area contributed by atoms with Crippen LogP contribution in [-0.4, -0.2) is 13.1 Å². The number of rotatable bonds is 1. The van der Waals surface area contributed by atoms with E-state index in [9.17, 15) is 4.79 Å². The van der Waals surface area contributed by atoms with Crippen LogP contribution in [0.1, 0.15) is 126 Å². The zero-order chi connectivity index (χ0) is 24.1. The first-order chi connectivity index (χ1) is 15.3. The molecule has 5 saturated carbocycles. The van der Waals surface area contributed by atoms with E-state index in [-0.39, 0.29) is 11.4 Å². The van der Waals surface area contributed by atoms with Crippen LogP contribution in [-0.2, 0) is 9.53 Å². The van der Waals surface area contributed by atoms with Crippen LogP contribution in [0.5, 0.6) is 0 Å². The number of esters is 1. The molecule has 10 unspecified atom stereocenters. The zero-order valence-electron chi connectivity index (χ0n) is 23.1. The van der Waals surface area contributed by atoms with Gasteiger partial charge in [-0.2, -0.15) is 0 Å². The van der Waals surface area contributed by atoms with Gasteiger partial charge in [0.05, 0.1) is 12.5 Å². The van der Waals surface area contributed by atoms with E-state index in [1.54, 1.807) is 7.11 Å². The Morgan fingerprint density at radius 2 is 1.33 bits per heavy atom. The summed E-state index contributed by atoms with van der Waals surface area (Å²) in [7, 11) is 1.59. The molecule has 2 nitrogen and oxygen atoms in total. The summed E-state index contributed by atoms with van der Waals surface area (Å²) in [4.78, 5) is 12.9. The molecule has 0 amide bonds. The molecule has 5 rings (SSSR count). The van der Waals surface area contributed by atoms with Crippen LogP contribution in [0.25, 0.3) is 0 Å². The van der Waals surface area contributed by atoms with Crippen LogP contribution >= 0.6 is 0 Å². The molecule has 0 bridgehead atoms. The highest BCUT2D eigenvalue weighted by Crippen LogP contribution is 2.78. The average Bonchev–Trinajstić information content (AvgIpc) is 2.77. The van der Waals surface area contributed by atoms with E-state index in [4.69, 9.17) is 4.74 Å². The molecule has 5 aliphatic carbocycles. The van der Waals surface area contributed by atoms with Gasteiger partial charge in [0.2, 0.25) is 0 Å². The van der Waals surface area contributed by atoms with Crippen molar-refractivity contribution in [2.75, 3.05) is 7.11 Å². The minimum atomic E-state index is -0.301. The van der Waals surface area contributed by atoms with Crippen LogP contribution < -0.4 is 0 Å². The molecule has 33 heavy (non-hydrogen) atoms. The minimum Gasteiger partial charge on any atom is -0.469 e. The first kappa shape index (κ1) is 24.2. The molecule has 0 heterocycles. The van der Waals surface area contributed by atoms with Gasteiger partial charge in [0, 0.05) is 0 Å². The van der Waals surface area contributed by atoms with Gasteiger partial charge in [-0.15, -0.1) is 0 Å². The Morgan fingerprint density at radius 1 is 0.697 bits per heavy atom. The second-order valence-electron chi connectivity index (χ2n) is 15.3. The standard InChI is InChI=1S/C31H52O2/c1-21-10-9-11-22-28(21,4)13-12-23-29(22,5)17-19-31(7)24-20-27(3,25(32)33-8)15-14-26(24,2)16-18-30(23,31)6/h21-24H,9-20H2,1-8H3. The summed E-state index contributed by atoms with van der Waals surface area (Å²) >= 11 is 0. The summed E-state index contributed by atoms with van der Waals surface area (Å²) in [5.41, 5.74) is 1.84. The summed E-state index contributed by atoms with van der Waals surface area (Å²) in [5.74, 6) is 3.27. The lowest BCUT2D eigenvalue weighted by molar-refractivity contribution is -0.259. The number of carbonyl (C=O) groups excluding carboxylic acids is 1. The van der Waals surface area contributed by atoms with Crippen LogP contribution in [0.4, 0.5) is 0 Å². The topological polar surface area (TPSA) is 26.3 Å². The van der Waals surface area contributed by atoms with Gasteiger partial charge < -0.3 is 4.74 Å². The van der Waals surface area contributed by atoms with Crippen molar-refractivity contribution in [3.05, 3.63) is 0 Å². The molecule has 188 valence electrons. The average molecular weight is 457 g/mol. The summed E-state index contributed by atoms with van der Waals surface area (Å²) in [6.45, 7) is 18.1. The van der Waals surface area contributed by atoms with E-state index in [1.807, 2.05) is 0 Å². The molecule has 0 aromatic carbocycles. The number of hydrogen-bond acceptors (Lipinski definition) is 2. The SMILES string of the molecule is COC(=O)C1(C)CCC2(C)CCC3(C)C4CCC5(C)C(C)CCCC5C4(C)CCC3(C)C2C1. The molecule has 2 heteroatoms. The van der Waals surface area contributed by atoms with Gasteiger partial charge >= 0.3 is 5.97 Å². The quantitative estimate of drug-likeness (QED) is 0.370. The molecule has 5 fully saturated rings. The molecule has 0 radical (unpaired) electrons. The van der Waals surface area contributed by atoms with Gasteiger partial charge in [-0.05, 0) is 122 Å². The monoisotopic (exact) mass is 456 g/mol. The van der Waals surface area contributed by atoms with Gasteiger partial charge in [0.1, 0.15) is 0 Å². The first-order valence-electron chi connectivity index (χ1n) is 14.4. The third kappa shape index (κ3) is 2.94. The van der Waals surface area contributed by atoms with Crippen molar-refractivity contribution in [3.63, 3.8) is 0 Å². The lowest BCUT2D eigenvalue weighted by Gasteiger charge is -2.74. The third-order valence-corrected chi connectivity index (χ3v) is 14.3. The van der Waals surface area contributed by atoms with Crippen LogP contribution in [0, 0.1) is 56.2 Å². The summed E-state index contributed by atoms with van der Waals surface area (Å²) < 4.78 is 5.34. The molecular formula is C31H52O2. The number of ether oxygens (including phenoxy) is 1. The van der Waals surface area contributed by atoms with E-state index in [0.29, 0.717) is 33.0 Å². The minimum absolute atomic E-state index is 0.0331. The Balaban J connectivity index is 1.53. The summed E-state index contributed by atoms with van der Waals surface area (Å²) in [6, 6.07) is 0. The van der Waals surface area contributed by atoms with E-state index < -0.39 is 0 Å². The van der Waals surface area contributed by atoms with Crippen LogP contribution in [0.15, 0.2) is 0 Å². The molecule has 10 atom stereocenters. The number of methoxy groups -OCH3 is 1. The second-order valence-corrected chi connectivity index (χ2v) is 15.3. The number of carbonyl (C=O) groups is 1. The van der Waals surface area contributed by atoms with Crippen molar-refractivity contribution >= 4 is 5.97 Å². The Morgan fingerprint density at radius 3 is 2.03 bits per heavy atom. The van der Waals surface area contributed by atoms with Crippen molar-refractivity contribution in [2.45, 2.75) is 126 Å². The van der Waals surface area contributed by atoms with E-state index in [1.165, 1.54) is 64.2 Å². The van der Waals surface area contributed by atoms with Crippen molar-refractivity contribution in [3.8, 4) is 0 Å². The zero-order valence-corrected chi connectivity index (χ0v) is 23.1. The van der Waals surface area contributed by atoms with E-state index in [2.05, 4.69) is 48.5 Å². The highest BCUT2D eigenvalue weighted by molar-refractivity contribution is 5.76. The predicted molar refractivity (Wildman–Crippen MR) is 136 cm³/mol. The van der Waals surface area contributed by atoms with Gasteiger partial charge in [-0.1, -0.05) is 54.4 Å². The van der Waals surface area contributed by atoms with Crippen molar-refractivity contribution in [1.82, 2.24) is 0 Å². The smallest absolute Gasteiger partial charge is 0.311 e. The summed E-state index contributed by atoms with van der Waals surface area (Å²) in [6.07, 6.45) is 15.9. The van der Waals surface area contributed by atoms with Crippen molar-refractivity contribution in [2.24, 2.45) is 56.2 Å². The Hall–Kier alpha value is -0.530. The predicted octanol–water partition coefficient (Wildman–Crippen LogP) is 8.43. The maximum absolute atomic E-state index is 12.9. The second kappa shape index (κ2) is 7.25. The van der Waals surface area contributed by atoms with Gasteiger partial charge in [0.25, 0.3) is 0 Å². The fraction of sp³-hybridized carbons (Fsp3) is 0.968. The largest absolute Gasteiger partial charge is 0.469 e. The lowest BCUT2D eigenvalue weighted by atomic mass is 9.30. The highest BCUT2D eigenvalue weighted by Gasteiger charge is 2.71. The maximum Gasteiger partial charge on any atom is 0.311 e. The molecule has 0 spiro atoms. The Kier molecular flexibility index (Phi) is 5.31. The first-order valence-corrected chi connectivity index (χ1v) is 14.4. The molecular weight excluding hydrogens is 404 g/mol. The molecule has 0 saturated heterocycles. The molecule has 0 aromatic rings. The number of hydrogen-bond donors (Lipinski definition) is 0. The van der Waals surface area contributed by atoms with Crippen molar-refractivity contribution in [1.29, 1.82) is 0 Å². The van der Waals surface area contributed by atoms with E-state index >= 15 is 0 Å². The summed E-state index contributed by atoms with van der Waals surface area (Å²) in [5, 5.41) is 0. The van der Waals surface area contributed by atoms with Gasteiger partial charge in [-0.3, -0.25) is 4.79 Å². The van der Waals surface area contributed by atoms with Crippen molar-refractivity contribution < 1.29 is 9.53 Å². The number of fused-ring (bicyclic) bond motifs is 7. The lowest BCUT2D eigenvalue weighted by Crippen LogP contribution is -2.67. The van der Waals surface area contributed by atoms with Gasteiger partial charge in [-0.25, -0.2) is 0 Å². The Labute approximate surface area is 204 Å². The molecule has 0 aromatic heterocycles. The normalized spacial score (nSPS) is 58.3. The molecule has 5 aliphatic rings. The van der Waals surface area contributed by atoms with Gasteiger partial charge in [0.15, 0.2) is 0 Å². The van der Waals surface area contributed by atoms with Crippen LogP contribution in [0.2, 0.25) is 0 Å². The molecule has 0 N–H and O–H groups in total. The van der Waals surface area contributed by atoms with E-state index in [0.717, 1.165) is 30.6 Å². The fourth-order valence-electron chi connectivity index (χ4n) is 11.6.